The topological polar surface area (TPSA) is 34.7 Å². The third kappa shape index (κ3) is 17.9. The van der Waals surface area contributed by atoms with E-state index in [9.17, 15) is 0 Å². The second-order valence-corrected chi connectivity index (χ2v) is 6.32. The molecule has 0 amide bonds. The Morgan fingerprint density at radius 1 is 0.476 bits per heavy atom. The normalized spacial score (nSPS) is 10.9. The highest BCUT2D eigenvalue weighted by Crippen LogP contribution is 2.11. The Labute approximate surface area is 135 Å². The van der Waals surface area contributed by atoms with Crippen molar-refractivity contribution in [3.8, 4) is 0 Å². The molecule has 2 heteroatoms. The van der Waals surface area contributed by atoms with Crippen molar-refractivity contribution in [3.63, 3.8) is 0 Å². The second-order valence-electron chi connectivity index (χ2n) is 6.32. The number of hydrogen-bond acceptors (Lipinski definition) is 1. The number of hydrogen-bond donors (Lipinski definition) is 0. The van der Waals surface area contributed by atoms with E-state index in [-0.39, 0.29) is 5.48 Å². The fraction of sp³-hybridized carbons (Fsp3) is 1.00. The first kappa shape index (κ1) is 23.2. The van der Waals surface area contributed by atoms with Crippen molar-refractivity contribution in [2.45, 2.75) is 104 Å². The standard InChI is InChI=1S/C19H41N.H2O/c1-4-7-9-10-11-12-13-14-15-16-17-19-20(6-3)18-8-5-2;/h4-19H2,1-3H3;1H2. The van der Waals surface area contributed by atoms with Gasteiger partial charge in [0.2, 0.25) is 0 Å². The minimum Gasteiger partial charge on any atom is -0.412 e. The Morgan fingerprint density at radius 2 is 0.857 bits per heavy atom. The van der Waals surface area contributed by atoms with Gasteiger partial charge in [-0.15, -0.1) is 0 Å². The van der Waals surface area contributed by atoms with E-state index >= 15 is 0 Å². The van der Waals surface area contributed by atoms with Gasteiger partial charge in [0.15, 0.2) is 0 Å². The Bertz CT molecular complexity index is 173. The molecule has 0 aromatic rings. The molecule has 0 saturated carbocycles. The van der Waals surface area contributed by atoms with Gasteiger partial charge in [-0.3, -0.25) is 0 Å². The Hall–Kier alpha value is -0.0800. The second kappa shape index (κ2) is 19.9. The first-order valence-electron chi connectivity index (χ1n) is 9.57. The Balaban J connectivity index is 0. The summed E-state index contributed by atoms with van der Waals surface area (Å²) < 4.78 is 0. The summed E-state index contributed by atoms with van der Waals surface area (Å²) >= 11 is 0. The summed E-state index contributed by atoms with van der Waals surface area (Å²) in [5.41, 5.74) is 0. The number of unbranched alkanes of at least 4 members (excludes halogenated alkanes) is 11. The summed E-state index contributed by atoms with van der Waals surface area (Å²) in [5, 5.41) is 0. The van der Waals surface area contributed by atoms with Crippen molar-refractivity contribution < 1.29 is 5.48 Å². The molecule has 2 nitrogen and oxygen atoms in total. The zero-order valence-electron chi connectivity index (χ0n) is 15.3. The van der Waals surface area contributed by atoms with E-state index in [1.165, 1.54) is 103 Å². The minimum atomic E-state index is 0. The third-order valence-electron chi connectivity index (χ3n) is 4.35. The van der Waals surface area contributed by atoms with E-state index in [4.69, 9.17) is 0 Å². The van der Waals surface area contributed by atoms with Crippen LogP contribution in [0.4, 0.5) is 0 Å². The average molecular weight is 302 g/mol. The van der Waals surface area contributed by atoms with E-state index in [0.717, 1.165) is 0 Å². The summed E-state index contributed by atoms with van der Waals surface area (Å²) in [7, 11) is 0. The highest BCUT2D eigenvalue weighted by molar-refractivity contribution is 4.56. The van der Waals surface area contributed by atoms with Crippen LogP contribution in [-0.2, 0) is 0 Å². The summed E-state index contributed by atoms with van der Waals surface area (Å²) in [5.74, 6) is 0. The van der Waals surface area contributed by atoms with Gasteiger partial charge in [0.05, 0.1) is 0 Å². The molecule has 0 aliphatic heterocycles. The van der Waals surface area contributed by atoms with Crippen LogP contribution in [0.25, 0.3) is 0 Å². The van der Waals surface area contributed by atoms with Crippen molar-refractivity contribution in [1.29, 1.82) is 0 Å². The van der Waals surface area contributed by atoms with Crippen LogP contribution in [0.3, 0.4) is 0 Å². The zero-order chi connectivity index (χ0) is 14.9. The molecule has 2 N–H and O–H groups in total. The lowest BCUT2D eigenvalue weighted by molar-refractivity contribution is 0.276. The van der Waals surface area contributed by atoms with Crippen LogP contribution < -0.4 is 0 Å². The van der Waals surface area contributed by atoms with Crippen LogP contribution in [-0.4, -0.2) is 30.0 Å². The maximum absolute atomic E-state index is 2.62. The zero-order valence-corrected chi connectivity index (χ0v) is 15.3. The number of rotatable bonds is 16. The molecule has 0 unspecified atom stereocenters. The molecule has 0 saturated heterocycles. The largest absolute Gasteiger partial charge is 0.412 e. The predicted molar refractivity (Wildman–Crippen MR) is 97.1 cm³/mol. The van der Waals surface area contributed by atoms with E-state index in [0.29, 0.717) is 0 Å². The lowest BCUT2D eigenvalue weighted by Crippen LogP contribution is -2.25. The summed E-state index contributed by atoms with van der Waals surface area (Å²) in [6, 6.07) is 0. The summed E-state index contributed by atoms with van der Waals surface area (Å²) in [6.07, 6.45) is 18.6. The smallest absolute Gasteiger partial charge is 0.00189 e. The molecule has 0 rings (SSSR count). The van der Waals surface area contributed by atoms with Crippen LogP contribution in [0, 0.1) is 0 Å². The fourth-order valence-corrected chi connectivity index (χ4v) is 2.81. The van der Waals surface area contributed by atoms with Crippen molar-refractivity contribution >= 4 is 0 Å². The highest BCUT2D eigenvalue weighted by Gasteiger charge is 2.00. The van der Waals surface area contributed by atoms with Crippen molar-refractivity contribution in [2.24, 2.45) is 0 Å². The van der Waals surface area contributed by atoms with Gasteiger partial charge < -0.3 is 10.4 Å². The van der Waals surface area contributed by atoms with Crippen molar-refractivity contribution in [3.05, 3.63) is 0 Å². The Kier molecular flexibility index (Phi) is 22.0. The maximum atomic E-state index is 2.62. The van der Waals surface area contributed by atoms with Gasteiger partial charge in [-0.2, -0.15) is 0 Å². The van der Waals surface area contributed by atoms with Crippen LogP contribution in [0.15, 0.2) is 0 Å². The molecule has 0 fully saturated rings. The monoisotopic (exact) mass is 301 g/mol. The molecule has 0 aromatic carbocycles. The van der Waals surface area contributed by atoms with Gasteiger partial charge in [0.25, 0.3) is 0 Å². The van der Waals surface area contributed by atoms with Crippen LogP contribution in [0.2, 0.25) is 0 Å². The quantitative estimate of drug-likeness (QED) is 0.342. The first-order chi connectivity index (χ1) is 9.85. The van der Waals surface area contributed by atoms with Gasteiger partial charge in [-0.05, 0) is 32.5 Å². The third-order valence-corrected chi connectivity index (χ3v) is 4.35. The predicted octanol–water partition coefficient (Wildman–Crippen LogP) is 5.59. The minimum absolute atomic E-state index is 0. The van der Waals surface area contributed by atoms with Crippen LogP contribution in [0.1, 0.15) is 104 Å². The van der Waals surface area contributed by atoms with E-state index in [1.54, 1.807) is 0 Å². The fourth-order valence-electron chi connectivity index (χ4n) is 2.81. The Morgan fingerprint density at radius 3 is 1.29 bits per heavy atom. The van der Waals surface area contributed by atoms with Crippen LogP contribution >= 0.6 is 0 Å². The molecule has 0 aliphatic carbocycles. The van der Waals surface area contributed by atoms with Gasteiger partial charge in [-0.1, -0.05) is 91.4 Å². The van der Waals surface area contributed by atoms with Crippen molar-refractivity contribution in [2.75, 3.05) is 19.6 Å². The highest BCUT2D eigenvalue weighted by atomic mass is 16.0. The molecule has 0 aliphatic rings. The molecule has 0 radical (unpaired) electrons. The summed E-state index contributed by atoms with van der Waals surface area (Å²) in [6.45, 7) is 10.8. The summed E-state index contributed by atoms with van der Waals surface area (Å²) in [4.78, 5) is 2.62. The molecule has 0 aromatic heterocycles. The SMILES string of the molecule is CCCCCCCCCCCCCN(CC)CCCC.O. The molecule has 0 spiro atoms. The average Bonchev–Trinajstić information content (AvgIpc) is 2.48. The molecular weight excluding hydrogens is 258 g/mol. The molecule has 130 valence electrons. The van der Waals surface area contributed by atoms with Crippen molar-refractivity contribution in [1.82, 2.24) is 4.90 Å². The van der Waals surface area contributed by atoms with Gasteiger partial charge in [0, 0.05) is 0 Å². The van der Waals surface area contributed by atoms with E-state index < -0.39 is 0 Å². The van der Waals surface area contributed by atoms with E-state index in [1.807, 2.05) is 0 Å². The van der Waals surface area contributed by atoms with Crippen LogP contribution in [0.5, 0.6) is 0 Å². The molecule has 0 bridgehead atoms. The molecule has 0 heterocycles. The molecule has 21 heavy (non-hydrogen) atoms. The van der Waals surface area contributed by atoms with Gasteiger partial charge in [-0.25, -0.2) is 0 Å². The van der Waals surface area contributed by atoms with Gasteiger partial charge >= 0.3 is 0 Å². The first-order valence-corrected chi connectivity index (χ1v) is 9.57. The van der Waals surface area contributed by atoms with Gasteiger partial charge in [0.1, 0.15) is 0 Å². The molecular formula is C19H43NO. The number of nitrogens with zero attached hydrogens (tertiary/aromatic N) is 1. The lowest BCUT2D eigenvalue weighted by Gasteiger charge is -2.19. The lowest BCUT2D eigenvalue weighted by atomic mass is 10.1. The molecule has 0 atom stereocenters. The maximum Gasteiger partial charge on any atom is -0.00189 e. The van der Waals surface area contributed by atoms with E-state index in [2.05, 4.69) is 25.7 Å².